The summed E-state index contributed by atoms with van der Waals surface area (Å²) in [6.45, 7) is 0. The molecule has 0 fully saturated rings. The summed E-state index contributed by atoms with van der Waals surface area (Å²) in [7, 11) is 0. The van der Waals surface area contributed by atoms with E-state index in [1.807, 2.05) is 24.3 Å². The normalized spacial score (nSPS) is 12.1. The smallest absolute Gasteiger partial charge is 0.160 e. The third kappa shape index (κ3) is 4.67. The molecule has 13 rings (SSSR count). The molecule has 0 saturated carbocycles. The van der Waals surface area contributed by atoms with E-state index in [-0.39, 0.29) is 0 Å². The molecule has 0 atom stereocenters. The number of nitrogens with zero attached hydrogens (tertiary/aromatic N) is 4. The van der Waals surface area contributed by atoms with Crippen LogP contribution in [0.2, 0.25) is 0 Å². The second-order valence-electron chi connectivity index (χ2n) is 15.3. The molecule has 0 aliphatic heterocycles. The summed E-state index contributed by atoms with van der Waals surface area (Å²) in [5, 5.41) is 10.5. The molecule has 4 heterocycles. The van der Waals surface area contributed by atoms with E-state index in [1.54, 1.807) is 0 Å². The van der Waals surface area contributed by atoms with E-state index in [4.69, 9.17) is 14.4 Å². The maximum Gasteiger partial charge on any atom is 0.160 e. The van der Waals surface area contributed by atoms with Gasteiger partial charge in [0.1, 0.15) is 11.2 Å². The Morgan fingerprint density at radius 3 is 1.95 bits per heavy atom. The molecule has 0 radical (unpaired) electrons. The van der Waals surface area contributed by atoms with Gasteiger partial charge >= 0.3 is 0 Å². The summed E-state index contributed by atoms with van der Waals surface area (Å²) in [6.07, 6.45) is 0. The minimum Gasteiger partial charge on any atom is -0.456 e. The lowest BCUT2D eigenvalue weighted by molar-refractivity contribution is 0.669. The van der Waals surface area contributed by atoms with Gasteiger partial charge in [-0.05, 0) is 83.6 Å². The van der Waals surface area contributed by atoms with E-state index in [1.165, 1.54) is 37.8 Å². The Bertz CT molecular complexity index is 3830. The number of benzene rings is 9. The van der Waals surface area contributed by atoms with Gasteiger partial charge in [-0.15, -0.1) is 0 Å². The van der Waals surface area contributed by atoms with Crippen molar-refractivity contribution in [2.45, 2.75) is 0 Å². The van der Waals surface area contributed by atoms with Gasteiger partial charge in [0, 0.05) is 60.2 Å². The molecule has 4 aromatic heterocycles. The van der Waals surface area contributed by atoms with Crippen molar-refractivity contribution >= 4 is 87.2 Å². The van der Waals surface area contributed by atoms with Crippen LogP contribution < -0.4 is 0 Å². The molecule has 0 saturated heterocycles. The van der Waals surface area contributed by atoms with Gasteiger partial charge in [-0.1, -0.05) is 121 Å². The van der Waals surface area contributed by atoms with Crippen molar-refractivity contribution in [3.63, 3.8) is 0 Å². The molecular formula is C54H32N4O. The molecule has 0 N–H and O–H groups in total. The highest BCUT2D eigenvalue weighted by Crippen LogP contribution is 2.46. The molecule has 274 valence electrons. The largest absolute Gasteiger partial charge is 0.456 e. The van der Waals surface area contributed by atoms with Crippen LogP contribution in [-0.4, -0.2) is 19.1 Å². The Balaban J connectivity index is 1.08. The first-order valence-corrected chi connectivity index (χ1v) is 20.0. The summed E-state index contributed by atoms with van der Waals surface area (Å²) >= 11 is 0. The zero-order chi connectivity index (χ0) is 38.6. The summed E-state index contributed by atoms with van der Waals surface area (Å²) in [5.41, 5.74) is 12.5. The number of aromatic nitrogens is 4. The van der Waals surface area contributed by atoms with Gasteiger partial charge in [-0.2, -0.15) is 0 Å². The van der Waals surface area contributed by atoms with E-state index in [0.717, 1.165) is 77.6 Å². The van der Waals surface area contributed by atoms with Crippen molar-refractivity contribution in [1.82, 2.24) is 19.1 Å². The first kappa shape index (κ1) is 32.1. The third-order valence-electron chi connectivity index (χ3n) is 12.1. The summed E-state index contributed by atoms with van der Waals surface area (Å²) in [4.78, 5) is 10.2. The van der Waals surface area contributed by atoms with E-state index in [0.29, 0.717) is 5.82 Å². The second kappa shape index (κ2) is 12.2. The molecule has 5 nitrogen and oxygen atoms in total. The van der Waals surface area contributed by atoms with E-state index in [2.05, 4.69) is 179 Å². The van der Waals surface area contributed by atoms with Crippen LogP contribution in [0.1, 0.15) is 0 Å². The molecule has 0 spiro atoms. The lowest BCUT2D eigenvalue weighted by atomic mass is 10.0. The van der Waals surface area contributed by atoms with Crippen LogP contribution in [0.3, 0.4) is 0 Å². The topological polar surface area (TPSA) is 48.8 Å². The van der Waals surface area contributed by atoms with Gasteiger partial charge in [0.2, 0.25) is 0 Å². The van der Waals surface area contributed by atoms with Gasteiger partial charge in [0.05, 0.1) is 33.3 Å². The Hall–Kier alpha value is -8.02. The standard InChI is InChI=1S/C54H32N4O/c1-2-13-34(14-3-1)52-39-16-6-9-19-43(39)55-54(56-52)35-23-25-37(26-24-35)57-44-20-10-7-17-40(44)50-46(57)29-28-42-49-45(30-31-48-51(49)41-18-8-11-21-47(41)59-48)58(53(42)50)38-27-22-33-12-4-5-15-36(33)32-38/h1-32H. The number of hydrogen-bond donors (Lipinski definition) is 0. The van der Waals surface area contributed by atoms with Crippen LogP contribution in [-0.2, 0) is 0 Å². The van der Waals surface area contributed by atoms with E-state index < -0.39 is 0 Å². The van der Waals surface area contributed by atoms with Crippen molar-refractivity contribution in [3.05, 3.63) is 194 Å². The van der Waals surface area contributed by atoms with E-state index in [9.17, 15) is 0 Å². The summed E-state index contributed by atoms with van der Waals surface area (Å²) < 4.78 is 11.3. The number of hydrogen-bond acceptors (Lipinski definition) is 3. The van der Waals surface area contributed by atoms with Gasteiger partial charge in [0.15, 0.2) is 5.82 Å². The van der Waals surface area contributed by atoms with Crippen LogP contribution >= 0.6 is 0 Å². The van der Waals surface area contributed by atoms with Crippen molar-refractivity contribution in [2.75, 3.05) is 0 Å². The minimum atomic E-state index is 0.705. The lowest BCUT2D eigenvalue weighted by Gasteiger charge is -2.12. The highest BCUT2D eigenvalue weighted by Gasteiger charge is 2.24. The van der Waals surface area contributed by atoms with Crippen molar-refractivity contribution < 1.29 is 4.42 Å². The fourth-order valence-electron chi connectivity index (χ4n) is 9.50. The van der Waals surface area contributed by atoms with E-state index >= 15 is 0 Å². The van der Waals surface area contributed by atoms with Crippen molar-refractivity contribution in [3.8, 4) is 34.0 Å². The SMILES string of the molecule is c1ccc(-c2nc(-c3ccc(-n4c5ccccc5c5c4ccc4c6c7c(ccc6n(-c6ccc8ccccc8c6)c45)oc4ccccc47)cc3)nc3ccccc23)cc1. The number of rotatable bonds is 4. The average molecular weight is 753 g/mol. The Morgan fingerprint density at radius 1 is 0.373 bits per heavy atom. The number of para-hydroxylation sites is 3. The number of fused-ring (bicyclic) bond motifs is 13. The molecule has 5 heteroatoms. The minimum absolute atomic E-state index is 0.705. The lowest BCUT2D eigenvalue weighted by Crippen LogP contribution is -1.97. The zero-order valence-corrected chi connectivity index (χ0v) is 31.7. The second-order valence-corrected chi connectivity index (χ2v) is 15.3. The fraction of sp³-hybridized carbons (Fsp3) is 0. The molecule has 9 aromatic carbocycles. The predicted molar refractivity (Wildman–Crippen MR) is 244 cm³/mol. The highest BCUT2D eigenvalue weighted by atomic mass is 16.3. The molecule has 0 amide bonds. The monoisotopic (exact) mass is 752 g/mol. The highest BCUT2D eigenvalue weighted by molar-refractivity contribution is 6.33. The summed E-state index contributed by atoms with van der Waals surface area (Å²) in [6, 6.07) is 68.9. The Labute approximate surface area is 337 Å². The van der Waals surface area contributed by atoms with Crippen LogP contribution in [0.4, 0.5) is 0 Å². The molecule has 0 unspecified atom stereocenters. The van der Waals surface area contributed by atoms with Crippen LogP contribution in [0.5, 0.6) is 0 Å². The summed E-state index contributed by atoms with van der Waals surface area (Å²) in [5.74, 6) is 0.705. The third-order valence-corrected chi connectivity index (χ3v) is 12.1. The average Bonchev–Trinajstić information content (AvgIpc) is 3.96. The van der Waals surface area contributed by atoms with Gasteiger partial charge < -0.3 is 13.6 Å². The molecule has 0 aliphatic carbocycles. The number of furan rings is 1. The molecule has 13 aromatic rings. The molecule has 59 heavy (non-hydrogen) atoms. The maximum atomic E-state index is 6.47. The maximum absolute atomic E-state index is 6.47. The van der Waals surface area contributed by atoms with Crippen LogP contribution in [0.15, 0.2) is 199 Å². The van der Waals surface area contributed by atoms with Crippen LogP contribution in [0, 0.1) is 0 Å². The molecular weight excluding hydrogens is 721 g/mol. The zero-order valence-electron chi connectivity index (χ0n) is 31.7. The van der Waals surface area contributed by atoms with Crippen molar-refractivity contribution in [2.24, 2.45) is 0 Å². The van der Waals surface area contributed by atoms with Crippen molar-refractivity contribution in [1.29, 1.82) is 0 Å². The quantitative estimate of drug-likeness (QED) is 0.180. The first-order valence-electron chi connectivity index (χ1n) is 20.0. The Morgan fingerprint density at radius 2 is 1.07 bits per heavy atom. The van der Waals surface area contributed by atoms with Gasteiger partial charge in [-0.3, -0.25) is 0 Å². The first-order chi connectivity index (χ1) is 29.3. The van der Waals surface area contributed by atoms with Gasteiger partial charge in [0.25, 0.3) is 0 Å². The molecule has 0 bridgehead atoms. The van der Waals surface area contributed by atoms with Gasteiger partial charge in [-0.25, -0.2) is 9.97 Å². The predicted octanol–water partition coefficient (Wildman–Crippen LogP) is 14.2. The van der Waals surface area contributed by atoms with Crippen LogP contribution in [0.25, 0.3) is 121 Å². The molecule has 0 aliphatic rings. The fourth-order valence-corrected chi connectivity index (χ4v) is 9.50. The Kier molecular flexibility index (Phi) is 6.66.